The molecule has 1 fully saturated rings. The minimum atomic E-state index is -1.32. The highest BCUT2D eigenvalue weighted by molar-refractivity contribution is 6.76. The number of alkyl carbamates (subject to hydrolysis) is 1. The van der Waals surface area contributed by atoms with E-state index in [1.807, 2.05) is 69.3 Å². The van der Waals surface area contributed by atoms with Crippen molar-refractivity contribution in [2.75, 3.05) is 38.2 Å². The van der Waals surface area contributed by atoms with Gasteiger partial charge in [-0.1, -0.05) is 75.5 Å². The number of amides is 3. The molecule has 0 bridgehead atoms. The zero-order valence-corrected chi connectivity index (χ0v) is 31.8. The van der Waals surface area contributed by atoms with Crippen LogP contribution in [0.1, 0.15) is 76.1 Å². The lowest BCUT2D eigenvalue weighted by Crippen LogP contribution is -2.45. The van der Waals surface area contributed by atoms with Crippen LogP contribution in [-0.2, 0) is 9.47 Å². The number of ether oxygens (including phenoxy) is 2. The molecule has 1 aliphatic rings. The third-order valence-electron chi connectivity index (χ3n) is 8.33. The molecule has 0 radical (unpaired) electrons. The molecule has 0 heterocycles. The summed E-state index contributed by atoms with van der Waals surface area (Å²) >= 11 is 6.37. The molecule has 1 saturated carbocycles. The second kappa shape index (κ2) is 18.5. The monoisotopic (exact) mass is 700 g/mol. The third kappa shape index (κ3) is 14.5. The Balaban J connectivity index is 1.74. The van der Waals surface area contributed by atoms with Crippen molar-refractivity contribution in [1.29, 1.82) is 0 Å². The highest BCUT2D eigenvalue weighted by atomic mass is 35.5. The van der Waals surface area contributed by atoms with E-state index in [0.717, 1.165) is 36.7 Å². The van der Waals surface area contributed by atoms with Crippen LogP contribution in [0.4, 0.5) is 21.0 Å². The van der Waals surface area contributed by atoms with E-state index in [9.17, 15) is 14.4 Å². The van der Waals surface area contributed by atoms with Gasteiger partial charge in [0.2, 0.25) is 0 Å². The van der Waals surface area contributed by atoms with Gasteiger partial charge in [-0.25, -0.2) is 9.59 Å². The Morgan fingerprint density at radius 1 is 1.00 bits per heavy atom. The second-order valence-electron chi connectivity index (χ2n) is 15.2. The first-order chi connectivity index (χ1) is 22.6. The average molecular weight is 701 g/mol. The fourth-order valence-electron chi connectivity index (χ4n) is 5.84. The second-order valence-corrected chi connectivity index (χ2v) is 21.2. The van der Waals surface area contributed by atoms with E-state index in [0.29, 0.717) is 49.2 Å². The quantitative estimate of drug-likeness (QED) is 0.142. The molecule has 2 aromatic rings. The van der Waals surface area contributed by atoms with Crippen molar-refractivity contribution in [1.82, 2.24) is 15.5 Å². The lowest BCUT2D eigenvalue weighted by atomic mass is 9.84. The fourth-order valence-corrected chi connectivity index (χ4v) is 6.74. The molecule has 266 valence electrons. The third-order valence-corrected chi connectivity index (χ3v) is 10.3. The van der Waals surface area contributed by atoms with E-state index in [4.69, 9.17) is 21.1 Å². The number of nitrogens with zero attached hydrogens (tertiary/aromatic N) is 2. The number of likely N-dealkylation sites (N-methyl/N-ethyl adjacent to an activating group) is 1. The first-order valence-electron chi connectivity index (χ1n) is 17.4. The molecule has 48 heavy (non-hydrogen) atoms. The van der Waals surface area contributed by atoms with E-state index < -0.39 is 19.8 Å². The van der Waals surface area contributed by atoms with E-state index in [1.165, 1.54) is 19.3 Å². The summed E-state index contributed by atoms with van der Waals surface area (Å²) in [5, 5.41) is 6.69. The standard InChI is InChI=1S/C37H57ClN4O5Si/c1-37(2,3)47-35(44)39-20-13-21-42(33-19-12-17-30(38)26-33)32-18-11-16-29(25-32)34(43)40-31(24-28-14-9-8-10-15-28)27-41(4)36(45)46-22-23-48(5,6)7/h11-12,16-19,25-26,28,31H,8-10,13-15,20-24,27H2,1-7H3,(H,39,44)(H,40,43). The van der Waals surface area contributed by atoms with Crippen molar-refractivity contribution in [3.8, 4) is 0 Å². The van der Waals surface area contributed by atoms with Crippen LogP contribution in [0, 0.1) is 5.92 Å². The maximum Gasteiger partial charge on any atom is 0.409 e. The van der Waals surface area contributed by atoms with E-state index >= 15 is 0 Å². The summed E-state index contributed by atoms with van der Waals surface area (Å²) in [6, 6.07) is 15.8. The molecule has 0 saturated heterocycles. The van der Waals surface area contributed by atoms with Crippen LogP contribution in [0.3, 0.4) is 0 Å². The fraction of sp³-hybridized carbons (Fsp3) is 0.595. The molecule has 3 amide bonds. The lowest BCUT2D eigenvalue weighted by molar-refractivity contribution is 0.0527. The van der Waals surface area contributed by atoms with Crippen LogP contribution < -0.4 is 15.5 Å². The number of nitrogens with one attached hydrogen (secondary N) is 2. The van der Waals surface area contributed by atoms with E-state index in [2.05, 4.69) is 35.2 Å². The van der Waals surface area contributed by atoms with Crippen molar-refractivity contribution in [2.45, 2.75) is 103 Å². The minimum Gasteiger partial charge on any atom is -0.450 e. The van der Waals surface area contributed by atoms with Crippen molar-refractivity contribution >= 4 is 49.1 Å². The van der Waals surface area contributed by atoms with E-state index in [1.54, 1.807) is 11.9 Å². The molecule has 2 N–H and O–H groups in total. The Labute approximate surface area is 294 Å². The van der Waals surface area contributed by atoms with Crippen molar-refractivity contribution in [3.05, 3.63) is 59.1 Å². The minimum absolute atomic E-state index is 0.184. The molecular weight excluding hydrogens is 644 g/mol. The molecule has 2 aromatic carbocycles. The predicted octanol–water partition coefficient (Wildman–Crippen LogP) is 8.87. The number of rotatable bonds is 15. The van der Waals surface area contributed by atoms with Crippen molar-refractivity contribution in [3.63, 3.8) is 0 Å². The van der Waals surface area contributed by atoms with Gasteiger partial charge in [0.15, 0.2) is 0 Å². The van der Waals surface area contributed by atoms with Crippen LogP contribution in [0.15, 0.2) is 48.5 Å². The zero-order valence-electron chi connectivity index (χ0n) is 30.1. The van der Waals surface area contributed by atoms with Gasteiger partial charge in [0.25, 0.3) is 5.91 Å². The number of carbonyl (C=O) groups is 3. The highest BCUT2D eigenvalue weighted by Gasteiger charge is 2.25. The summed E-state index contributed by atoms with van der Waals surface area (Å²) in [6.45, 7) is 14.1. The van der Waals surface area contributed by atoms with Crippen LogP contribution in [-0.4, -0.2) is 76.0 Å². The maximum absolute atomic E-state index is 13.8. The van der Waals surface area contributed by atoms with Crippen molar-refractivity contribution < 1.29 is 23.9 Å². The lowest BCUT2D eigenvalue weighted by Gasteiger charge is -2.30. The molecule has 3 rings (SSSR count). The van der Waals surface area contributed by atoms with Crippen LogP contribution in [0.2, 0.25) is 30.7 Å². The zero-order chi connectivity index (χ0) is 35.3. The Hall–Kier alpha value is -3.24. The van der Waals surface area contributed by atoms with Gasteiger partial charge < -0.3 is 29.9 Å². The summed E-state index contributed by atoms with van der Waals surface area (Å²) in [6.07, 6.45) is 6.59. The normalized spacial score (nSPS) is 14.5. The number of hydrogen-bond acceptors (Lipinski definition) is 6. The topological polar surface area (TPSA) is 100 Å². The highest BCUT2D eigenvalue weighted by Crippen LogP contribution is 2.30. The van der Waals surface area contributed by atoms with Gasteiger partial charge in [-0.15, -0.1) is 0 Å². The predicted molar refractivity (Wildman–Crippen MR) is 198 cm³/mol. The number of halogens is 1. The van der Waals surface area contributed by atoms with Crippen molar-refractivity contribution in [2.24, 2.45) is 5.92 Å². The van der Waals surface area contributed by atoms with Crippen LogP contribution >= 0.6 is 11.6 Å². The van der Waals surface area contributed by atoms with Gasteiger partial charge >= 0.3 is 12.2 Å². The summed E-state index contributed by atoms with van der Waals surface area (Å²) in [7, 11) is 0.424. The van der Waals surface area contributed by atoms with Gasteiger partial charge in [0.05, 0.1) is 6.61 Å². The molecular formula is C37H57ClN4O5Si. The largest absolute Gasteiger partial charge is 0.450 e. The summed E-state index contributed by atoms with van der Waals surface area (Å²) in [4.78, 5) is 42.5. The van der Waals surface area contributed by atoms with Crippen LogP contribution in [0.25, 0.3) is 0 Å². The summed E-state index contributed by atoms with van der Waals surface area (Å²) in [5.74, 6) is 0.329. The summed E-state index contributed by atoms with van der Waals surface area (Å²) in [5.41, 5.74) is 1.66. The molecule has 9 nitrogen and oxygen atoms in total. The molecule has 0 aliphatic heterocycles. The van der Waals surface area contributed by atoms with Gasteiger partial charge in [0.1, 0.15) is 5.60 Å². The SMILES string of the molecule is CN(CC(CC1CCCCC1)NC(=O)c1cccc(N(CCCNC(=O)OC(C)(C)C)c2cccc(Cl)c2)c1)C(=O)OCC[Si](C)(C)C. The number of carbonyl (C=O) groups excluding carboxylic acids is 3. The van der Waals surface area contributed by atoms with Gasteiger partial charge in [-0.3, -0.25) is 4.79 Å². The molecule has 0 aromatic heterocycles. The number of benzene rings is 2. The van der Waals surface area contributed by atoms with Crippen LogP contribution in [0.5, 0.6) is 0 Å². The maximum atomic E-state index is 13.8. The van der Waals surface area contributed by atoms with Gasteiger partial charge in [0, 0.05) is 62.8 Å². The van der Waals surface area contributed by atoms with Gasteiger partial charge in [-0.05, 0) is 82.0 Å². The first-order valence-corrected chi connectivity index (χ1v) is 21.5. The Bertz CT molecular complexity index is 1340. The van der Waals surface area contributed by atoms with E-state index in [-0.39, 0.29) is 18.0 Å². The Morgan fingerprint density at radius 2 is 1.67 bits per heavy atom. The van der Waals surface area contributed by atoms with Gasteiger partial charge in [-0.2, -0.15) is 0 Å². The molecule has 0 spiro atoms. The summed E-state index contributed by atoms with van der Waals surface area (Å²) < 4.78 is 11.0. The average Bonchev–Trinajstić information content (AvgIpc) is 3.00. The first kappa shape index (κ1) is 39.2. The Kier molecular flexibility index (Phi) is 15.1. The molecule has 11 heteroatoms. The Morgan fingerprint density at radius 3 is 2.31 bits per heavy atom. The molecule has 1 aliphatic carbocycles. The number of anilines is 2. The smallest absolute Gasteiger partial charge is 0.409 e. The molecule has 1 unspecified atom stereocenters. The number of hydrogen-bond donors (Lipinski definition) is 2. The molecule has 1 atom stereocenters.